The summed E-state index contributed by atoms with van der Waals surface area (Å²) in [6, 6.07) is 7.31. The summed E-state index contributed by atoms with van der Waals surface area (Å²) in [6.45, 7) is 0.470. The van der Waals surface area contributed by atoms with E-state index in [2.05, 4.69) is 10.5 Å². The molecular formula is C15H21N3O2. The summed E-state index contributed by atoms with van der Waals surface area (Å²) >= 11 is 0. The number of amides is 1. The number of nitrogens with two attached hydrogens (primary N) is 1. The lowest BCUT2D eigenvalue weighted by Gasteiger charge is -2.10. The lowest BCUT2D eigenvalue weighted by atomic mass is 10.0. The average molecular weight is 275 g/mol. The first-order valence-corrected chi connectivity index (χ1v) is 7.02. The second-order valence-corrected chi connectivity index (χ2v) is 5.32. The molecule has 1 aromatic carbocycles. The molecule has 1 aliphatic carbocycles. The third kappa shape index (κ3) is 3.98. The Labute approximate surface area is 118 Å². The van der Waals surface area contributed by atoms with Crippen LogP contribution in [0.5, 0.6) is 0 Å². The number of amidine groups is 1. The van der Waals surface area contributed by atoms with Crippen LogP contribution in [0.2, 0.25) is 0 Å². The lowest BCUT2D eigenvalue weighted by molar-refractivity contribution is -0.122. The van der Waals surface area contributed by atoms with E-state index < -0.39 is 0 Å². The zero-order valence-electron chi connectivity index (χ0n) is 11.5. The number of rotatable bonds is 5. The van der Waals surface area contributed by atoms with E-state index in [1.165, 1.54) is 25.7 Å². The lowest BCUT2D eigenvalue weighted by Crippen LogP contribution is -2.24. The standard InChI is InChI=1S/C15H21N3O2/c16-15(18-20)13-7-3-6-12(8-13)10-17-14(19)9-11-4-1-2-5-11/h3,6-8,11,20H,1-2,4-5,9-10H2,(H2,16,18)(H,17,19). The van der Waals surface area contributed by atoms with Crippen molar-refractivity contribution in [3.8, 4) is 0 Å². The number of hydrogen-bond donors (Lipinski definition) is 3. The van der Waals surface area contributed by atoms with Gasteiger partial charge in [0.15, 0.2) is 5.84 Å². The minimum absolute atomic E-state index is 0.0733. The molecule has 4 N–H and O–H groups in total. The van der Waals surface area contributed by atoms with Crippen molar-refractivity contribution in [2.24, 2.45) is 16.8 Å². The van der Waals surface area contributed by atoms with Crippen molar-refractivity contribution in [2.45, 2.75) is 38.6 Å². The van der Waals surface area contributed by atoms with E-state index in [0.717, 1.165) is 5.56 Å². The van der Waals surface area contributed by atoms with Crippen molar-refractivity contribution in [1.82, 2.24) is 5.32 Å². The second-order valence-electron chi connectivity index (χ2n) is 5.32. The zero-order chi connectivity index (χ0) is 14.4. The van der Waals surface area contributed by atoms with E-state index in [-0.39, 0.29) is 11.7 Å². The normalized spacial score (nSPS) is 16.3. The summed E-state index contributed by atoms with van der Waals surface area (Å²) in [4.78, 5) is 11.8. The number of benzene rings is 1. The topological polar surface area (TPSA) is 87.7 Å². The van der Waals surface area contributed by atoms with Gasteiger partial charge >= 0.3 is 0 Å². The smallest absolute Gasteiger partial charge is 0.220 e. The zero-order valence-corrected chi connectivity index (χ0v) is 11.5. The first kappa shape index (κ1) is 14.4. The van der Waals surface area contributed by atoms with Crippen LogP contribution in [0.1, 0.15) is 43.2 Å². The number of carbonyl (C=O) groups excluding carboxylic acids is 1. The summed E-state index contributed by atoms with van der Waals surface area (Å²) in [6.07, 6.45) is 5.47. The maximum Gasteiger partial charge on any atom is 0.220 e. The van der Waals surface area contributed by atoms with Gasteiger partial charge < -0.3 is 16.3 Å². The Morgan fingerprint density at radius 2 is 2.15 bits per heavy atom. The van der Waals surface area contributed by atoms with Crippen LogP contribution < -0.4 is 11.1 Å². The largest absolute Gasteiger partial charge is 0.409 e. The molecule has 0 radical (unpaired) electrons. The minimum Gasteiger partial charge on any atom is -0.409 e. The van der Waals surface area contributed by atoms with Crippen LogP contribution in [0, 0.1) is 5.92 Å². The van der Waals surface area contributed by atoms with Crippen molar-refractivity contribution >= 4 is 11.7 Å². The summed E-state index contributed by atoms with van der Waals surface area (Å²) in [5.41, 5.74) is 7.13. The molecule has 20 heavy (non-hydrogen) atoms. The van der Waals surface area contributed by atoms with Crippen molar-refractivity contribution < 1.29 is 10.0 Å². The number of carbonyl (C=O) groups is 1. The molecule has 0 unspecified atom stereocenters. The highest BCUT2D eigenvalue weighted by atomic mass is 16.4. The Bertz CT molecular complexity index is 494. The monoisotopic (exact) mass is 275 g/mol. The first-order chi connectivity index (χ1) is 9.69. The highest BCUT2D eigenvalue weighted by Crippen LogP contribution is 2.27. The molecule has 0 bridgehead atoms. The maximum atomic E-state index is 11.8. The number of nitrogens with one attached hydrogen (secondary N) is 1. The van der Waals surface area contributed by atoms with Gasteiger partial charge in [0, 0.05) is 18.5 Å². The molecule has 1 aromatic rings. The van der Waals surface area contributed by atoms with Crippen LogP contribution >= 0.6 is 0 Å². The van der Waals surface area contributed by atoms with Crippen LogP contribution in [0.25, 0.3) is 0 Å². The van der Waals surface area contributed by atoms with E-state index in [0.29, 0.717) is 24.4 Å². The van der Waals surface area contributed by atoms with Crippen LogP contribution in [-0.4, -0.2) is 17.0 Å². The summed E-state index contributed by atoms with van der Waals surface area (Å²) in [5.74, 6) is 0.730. The molecule has 1 aliphatic rings. The van der Waals surface area contributed by atoms with E-state index in [1.807, 2.05) is 18.2 Å². The fourth-order valence-corrected chi connectivity index (χ4v) is 2.65. The van der Waals surface area contributed by atoms with E-state index >= 15 is 0 Å². The molecule has 1 amide bonds. The Morgan fingerprint density at radius 1 is 1.40 bits per heavy atom. The highest BCUT2D eigenvalue weighted by Gasteiger charge is 2.18. The second kappa shape index (κ2) is 6.93. The van der Waals surface area contributed by atoms with Crippen molar-refractivity contribution in [1.29, 1.82) is 0 Å². The molecule has 2 rings (SSSR count). The van der Waals surface area contributed by atoms with Gasteiger partial charge in [-0.25, -0.2) is 0 Å². The molecular weight excluding hydrogens is 254 g/mol. The van der Waals surface area contributed by atoms with Gasteiger partial charge in [-0.15, -0.1) is 0 Å². The van der Waals surface area contributed by atoms with Crippen molar-refractivity contribution in [3.63, 3.8) is 0 Å². The van der Waals surface area contributed by atoms with Gasteiger partial charge in [0.1, 0.15) is 0 Å². The van der Waals surface area contributed by atoms with E-state index in [1.54, 1.807) is 6.07 Å². The molecule has 0 atom stereocenters. The SMILES string of the molecule is NC(=NO)c1cccc(CNC(=O)CC2CCCC2)c1. The first-order valence-electron chi connectivity index (χ1n) is 7.02. The number of hydrogen-bond acceptors (Lipinski definition) is 3. The Balaban J connectivity index is 1.85. The molecule has 0 aliphatic heterocycles. The van der Waals surface area contributed by atoms with Gasteiger partial charge in [-0.05, 0) is 30.4 Å². The predicted octanol–water partition coefficient (Wildman–Crippen LogP) is 1.98. The molecule has 5 heteroatoms. The van der Waals surface area contributed by atoms with Gasteiger partial charge in [0.2, 0.25) is 5.91 Å². The predicted molar refractivity (Wildman–Crippen MR) is 77.4 cm³/mol. The highest BCUT2D eigenvalue weighted by molar-refractivity contribution is 5.97. The Hall–Kier alpha value is -2.04. The molecule has 1 saturated carbocycles. The molecule has 0 spiro atoms. The maximum absolute atomic E-state index is 11.8. The van der Waals surface area contributed by atoms with Gasteiger partial charge in [0.05, 0.1) is 0 Å². The quantitative estimate of drug-likeness (QED) is 0.332. The number of nitrogens with zero attached hydrogens (tertiary/aromatic N) is 1. The molecule has 0 saturated heterocycles. The summed E-state index contributed by atoms with van der Waals surface area (Å²) < 4.78 is 0. The number of oxime groups is 1. The Morgan fingerprint density at radius 3 is 2.85 bits per heavy atom. The third-order valence-corrected chi connectivity index (χ3v) is 3.77. The van der Waals surface area contributed by atoms with E-state index in [9.17, 15) is 4.79 Å². The molecule has 1 fully saturated rings. The molecule has 5 nitrogen and oxygen atoms in total. The third-order valence-electron chi connectivity index (χ3n) is 3.77. The summed E-state index contributed by atoms with van der Waals surface area (Å²) in [7, 11) is 0. The van der Waals surface area contributed by atoms with Crippen LogP contribution in [0.15, 0.2) is 29.4 Å². The van der Waals surface area contributed by atoms with Crippen LogP contribution in [0.4, 0.5) is 0 Å². The van der Waals surface area contributed by atoms with Crippen molar-refractivity contribution in [3.05, 3.63) is 35.4 Å². The summed E-state index contributed by atoms with van der Waals surface area (Å²) in [5, 5.41) is 14.5. The van der Waals surface area contributed by atoms with Gasteiger partial charge in [-0.3, -0.25) is 4.79 Å². The van der Waals surface area contributed by atoms with E-state index in [4.69, 9.17) is 10.9 Å². The molecule has 0 aromatic heterocycles. The Kier molecular flexibility index (Phi) is 4.98. The van der Waals surface area contributed by atoms with Gasteiger partial charge in [0.25, 0.3) is 0 Å². The fourth-order valence-electron chi connectivity index (χ4n) is 2.65. The molecule has 0 heterocycles. The van der Waals surface area contributed by atoms with Gasteiger partial charge in [-0.2, -0.15) is 0 Å². The molecule has 108 valence electrons. The minimum atomic E-state index is 0.0733. The van der Waals surface area contributed by atoms with Crippen LogP contribution in [0.3, 0.4) is 0 Å². The van der Waals surface area contributed by atoms with Crippen LogP contribution in [-0.2, 0) is 11.3 Å². The van der Waals surface area contributed by atoms with Gasteiger partial charge in [-0.1, -0.05) is 36.2 Å². The average Bonchev–Trinajstić information content (AvgIpc) is 2.97. The van der Waals surface area contributed by atoms with Crippen molar-refractivity contribution in [2.75, 3.05) is 0 Å². The fraction of sp³-hybridized carbons (Fsp3) is 0.467.